The summed E-state index contributed by atoms with van der Waals surface area (Å²) in [4.78, 5) is 22.4. The number of hydrogen-bond donors (Lipinski definition) is 0. The average Bonchev–Trinajstić information content (AvgIpc) is 2.77. The van der Waals surface area contributed by atoms with E-state index in [1.165, 1.54) is 0 Å². The number of carbonyl (C=O) groups excluding carboxylic acids is 2. The van der Waals surface area contributed by atoms with Gasteiger partial charge in [-0.2, -0.15) is 0 Å². The average molecular weight is 639 g/mol. The topological polar surface area (TPSA) is 80.3 Å². The van der Waals surface area contributed by atoms with Crippen LogP contribution >= 0.6 is 0 Å². The van der Waals surface area contributed by atoms with Crippen molar-refractivity contribution >= 4 is 11.9 Å². The van der Waals surface area contributed by atoms with Crippen LogP contribution in [0, 0.1) is 10.8 Å². The van der Waals surface area contributed by atoms with Crippen LogP contribution in [0.1, 0.15) is 90.2 Å². The van der Waals surface area contributed by atoms with E-state index in [2.05, 4.69) is 13.8 Å². The summed E-state index contributed by atoms with van der Waals surface area (Å²) >= 11 is 0. The summed E-state index contributed by atoms with van der Waals surface area (Å²) in [5.41, 5.74) is 0.520. The second kappa shape index (κ2) is 14.5. The van der Waals surface area contributed by atoms with E-state index in [4.69, 9.17) is 0 Å². The molecule has 2 rings (SSSR count). The first-order valence-corrected chi connectivity index (χ1v) is 11.5. The van der Waals surface area contributed by atoms with Gasteiger partial charge in [-0.25, -0.2) is 0 Å². The van der Waals surface area contributed by atoms with Crippen molar-refractivity contribution in [1.82, 2.24) is 0 Å². The molecular weight excluding hydrogens is 601 g/mol. The van der Waals surface area contributed by atoms with Crippen molar-refractivity contribution in [1.29, 1.82) is 0 Å². The van der Waals surface area contributed by atoms with Crippen molar-refractivity contribution in [2.45, 2.75) is 79.1 Å². The number of aliphatic carboxylic acids is 2. The minimum Gasteiger partial charge on any atom is -0.550 e. The smallest absolute Gasteiger partial charge is 0.550 e. The van der Waals surface area contributed by atoms with Crippen LogP contribution < -0.4 is 10.2 Å². The first-order valence-electron chi connectivity index (χ1n) is 11.5. The maximum Gasteiger partial charge on any atom is 2.00 e. The Morgan fingerprint density at radius 3 is 1.15 bits per heavy atom. The Bertz CT molecular complexity index is 760. The second-order valence-corrected chi connectivity index (χ2v) is 9.52. The Kier molecular flexibility index (Phi) is 13.8. The van der Waals surface area contributed by atoms with Gasteiger partial charge in [0.2, 0.25) is 0 Å². The van der Waals surface area contributed by atoms with Gasteiger partial charge in [0.15, 0.2) is 0 Å². The molecule has 0 saturated heterocycles. The third-order valence-corrected chi connectivity index (χ3v) is 6.35. The number of rotatable bonds is 10. The van der Waals surface area contributed by atoms with E-state index in [0.717, 1.165) is 36.8 Å². The fraction of sp³-hybridized carbons (Fsp3) is 0.500. The number of carbonyl (C=O) groups is 2. The zero-order valence-corrected chi connectivity index (χ0v) is 26.6. The Morgan fingerprint density at radius 2 is 0.939 bits per heavy atom. The molecule has 0 aromatic heterocycles. The molecule has 0 aliphatic carbocycles. The van der Waals surface area contributed by atoms with Gasteiger partial charge < -0.3 is 19.8 Å². The normalized spacial score (nSPS) is 13.0. The molecule has 0 spiro atoms. The fourth-order valence-electron chi connectivity index (χ4n) is 4.12. The molecule has 5 heteroatoms. The minimum absolute atomic E-state index is 0. The van der Waals surface area contributed by atoms with Gasteiger partial charge in [0, 0.05) is 22.8 Å². The van der Waals surface area contributed by atoms with Gasteiger partial charge in [-0.05, 0) is 35.8 Å². The SMILES string of the molecule is CCCC(c1ccccc1)C(C)(C)C(=O)[O-].CCCC(c1ccccc1)C(C)(C)C(=O)[O-].[Hg+2]. The maximum atomic E-state index is 11.2. The van der Waals surface area contributed by atoms with Gasteiger partial charge in [-0.15, -0.1) is 0 Å². The van der Waals surface area contributed by atoms with E-state index in [1.54, 1.807) is 27.7 Å². The van der Waals surface area contributed by atoms with Crippen LogP contribution in [0.25, 0.3) is 0 Å². The van der Waals surface area contributed by atoms with Crippen molar-refractivity contribution in [3.05, 3.63) is 71.8 Å². The maximum absolute atomic E-state index is 11.2. The Labute approximate surface area is 220 Å². The summed E-state index contributed by atoms with van der Waals surface area (Å²) in [5.74, 6) is -1.92. The minimum atomic E-state index is -0.977. The first-order chi connectivity index (χ1) is 15.0. The van der Waals surface area contributed by atoms with Crippen molar-refractivity contribution in [2.75, 3.05) is 0 Å². The van der Waals surface area contributed by atoms with Gasteiger partial charge in [-0.1, -0.05) is 115 Å². The molecular formula is C28H38HgO4. The van der Waals surface area contributed by atoms with E-state index in [9.17, 15) is 19.8 Å². The predicted octanol–water partition coefficient (Wildman–Crippen LogP) is 4.69. The van der Waals surface area contributed by atoms with Crippen LogP contribution in [-0.2, 0) is 37.3 Å². The number of hydrogen-bond acceptors (Lipinski definition) is 4. The molecule has 0 bridgehead atoms. The van der Waals surface area contributed by atoms with Crippen LogP contribution in [-0.4, -0.2) is 11.9 Å². The number of benzene rings is 2. The molecule has 0 radical (unpaired) electrons. The van der Waals surface area contributed by atoms with E-state index < -0.39 is 22.8 Å². The third kappa shape index (κ3) is 8.88. The largest absolute Gasteiger partial charge is 2.00 e. The van der Waals surface area contributed by atoms with Crippen LogP contribution in [0.2, 0.25) is 0 Å². The summed E-state index contributed by atoms with van der Waals surface area (Å²) in [6.07, 6.45) is 3.67. The molecule has 33 heavy (non-hydrogen) atoms. The van der Waals surface area contributed by atoms with Gasteiger partial charge in [-0.3, -0.25) is 0 Å². The Balaban J connectivity index is 0.000000602. The van der Waals surface area contributed by atoms with Crippen LogP contribution in [0.3, 0.4) is 0 Å². The van der Waals surface area contributed by atoms with Crippen LogP contribution in [0.4, 0.5) is 0 Å². The molecule has 176 valence electrons. The number of carboxylic acids is 2. The molecule has 0 saturated carbocycles. The van der Waals surface area contributed by atoms with Crippen molar-refractivity contribution < 1.29 is 47.5 Å². The zero-order valence-electron chi connectivity index (χ0n) is 21.1. The van der Waals surface area contributed by atoms with Crippen LogP contribution in [0.5, 0.6) is 0 Å². The monoisotopic (exact) mass is 640 g/mol. The van der Waals surface area contributed by atoms with Crippen molar-refractivity contribution in [3.8, 4) is 0 Å². The molecule has 0 fully saturated rings. The van der Waals surface area contributed by atoms with Gasteiger partial charge in [0.1, 0.15) is 0 Å². The molecule has 2 aromatic rings. The van der Waals surface area contributed by atoms with E-state index in [0.29, 0.717) is 0 Å². The predicted molar refractivity (Wildman–Crippen MR) is 126 cm³/mol. The first kappa shape index (κ1) is 31.3. The van der Waals surface area contributed by atoms with Gasteiger partial charge in [0.25, 0.3) is 0 Å². The van der Waals surface area contributed by atoms with Gasteiger partial charge in [0.05, 0.1) is 0 Å². The van der Waals surface area contributed by atoms with E-state index in [-0.39, 0.29) is 39.5 Å². The van der Waals surface area contributed by atoms with Gasteiger partial charge >= 0.3 is 27.7 Å². The molecule has 2 atom stereocenters. The third-order valence-electron chi connectivity index (χ3n) is 6.35. The molecule has 0 aliphatic rings. The summed E-state index contributed by atoms with van der Waals surface area (Å²) < 4.78 is 0. The summed E-state index contributed by atoms with van der Waals surface area (Å²) in [7, 11) is 0. The summed E-state index contributed by atoms with van der Waals surface area (Å²) in [6, 6.07) is 19.6. The number of carboxylic acid groups (broad SMARTS) is 2. The molecule has 0 aliphatic heterocycles. The summed E-state index contributed by atoms with van der Waals surface area (Å²) in [5, 5.41) is 22.4. The van der Waals surface area contributed by atoms with Crippen molar-refractivity contribution in [2.24, 2.45) is 10.8 Å². The van der Waals surface area contributed by atoms with E-state index >= 15 is 0 Å². The Morgan fingerprint density at radius 1 is 0.667 bits per heavy atom. The molecule has 2 unspecified atom stereocenters. The summed E-state index contributed by atoms with van der Waals surface area (Å²) in [6.45, 7) is 11.1. The molecule has 0 amide bonds. The molecule has 0 heterocycles. The molecule has 2 aromatic carbocycles. The quantitative estimate of drug-likeness (QED) is 0.354. The zero-order chi connectivity index (χ0) is 24.4. The van der Waals surface area contributed by atoms with Crippen LogP contribution in [0.15, 0.2) is 60.7 Å². The second-order valence-electron chi connectivity index (χ2n) is 9.52. The standard InChI is InChI=1S/2C14H20O2.Hg/c2*1-4-8-12(14(2,3)13(15)16)11-9-6-5-7-10-11;/h2*5-7,9-10,12H,4,8H2,1-3H3,(H,15,16);/q;;+2/p-2. The molecule has 0 N–H and O–H groups in total. The molecule has 4 nitrogen and oxygen atoms in total. The Hall–Kier alpha value is -1.68. The van der Waals surface area contributed by atoms with E-state index in [1.807, 2.05) is 60.7 Å². The fourth-order valence-corrected chi connectivity index (χ4v) is 4.12. The van der Waals surface area contributed by atoms with Crippen molar-refractivity contribution in [3.63, 3.8) is 0 Å².